The van der Waals surface area contributed by atoms with Crippen LogP contribution < -0.4 is 0 Å². The third-order valence-corrected chi connectivity index (χ3v) is 5.43. The maximum Gasteiger partial charge on any atom is 0.309 e. The molecule has 134 valence electrons. The van der Waals surface area contributed by atoms with Crippen molar-refractivity contribution in [3.05, 3.63) is 52.3 Å². The highest BCUT2D eigenvalue weighted by molar-refractivity contribution is 6.43. The molecule has 0 radical (unpaired) electrons. The number of hydrogen-bond donors (Lipinski definition) is 0. The van der Waals surface area contributed by atoms with E-state index in [2.05, 4.69) is 15.5 Å². The number of ether oxygens (including phenoxy) is 1. The fraction of sp³-hybridized carbons (Fsp3) is 0.421. The van der Waals surface area contributed by atoms with Crippen LogP contribution in [0.15, 0.2) is 36.5 Å². The molecule has 0 amide bonds. The van der Waals surface area contributed by atoms with E-state index in [0.29, 0.717) is 16.7 Å². The quantitative estimate of drug-likeness (QED) is 0.713. The number of likely N-dealkylation sites (tertiary alicyclic amines) is 1. The topological polar surface area (TPSA) is 34.5 Å². The molecule has 2 aromatic rings. The smallest absolute Gasteiger partial charge is 0.309 e. The minimum absolute atomic E-state index is 0.0327. The van der Waals surface area contributed by atoms with E-state index in [1.54, 1.807) is 6.07 Å². The molecule has 0 saturated carbocycles. The number of piperidine rings is 1. The lowest BCUT2D eigenvalue weighted by atomic mass is 9.97. The molecule has 2 heterocycles. The van der Waals surface area contributed by atoms with Gasteiger partial charge in [-0.25, -0.2) is 0 Å². The monoisotopic (exact) mass is 380 g/mol. The van der Waals surface area contributed by atoms with Gasteiger partial charge in [-0.05, 0) is 57.1 Å². The first-order chi connectivity index (χ1) is 12.1. The van der Waals surface area contributed by atoms with Crippen LogP contribution in [0.4, 0.5) is 0 Å². The Hall–Kier alpha value is -1.49. The lowest BCUT2D eigenvalue weighted by Crippen LogP contribution is -2.36. The second-order valence-corrected chi connectivity index (χ2v) is 7.03. The normalized spacial score (nSPS) is 16.1. The van der Waals surface area contributed by atoms with Crippen molar-refractivity contribution in [3.8, 4) is 5.69 Å². The van der Waals surface area contributed by atoms with Crippen LogP contribution in [-0.2, 0) is 16.1 Å². The Kier molecular flexibility index (Phi) is 6.05. The van der Waals surface area contributed by atoms with E-state index in [9.17, 15) is 4.79 Å². The van der Waals surface area contributed by atoms with Crippen molar-refractivity contribution in [2.75, 3.05) is 19.7 Å². The Bertz CT molecular complexity index is 737. The number of rotatable bonds is 5. The van der Waals surface area contributed by atoms with E-state index in [4.69, 9.17) is 27.9 Å². The van der Waals surface area contributed by atoms with Crippen LogP contribution in [-0.4, -0.2) is 35.1 Å². The molecule has 6 heteroatoms. The molecule has 0 bridgehead atoms. The van der Waals surface area contributed by atoms with E-state index in [1.807, 2.05) is 31.3 Å². The largest absolute Gasteiger partial charge is 0.466 e. The van der Waals surface area contributed by atoms with Crippen molar-refractivity contribution in [3.63, 3.8) is 0 Å². The number of hydrogen-bond acceptors (Lipinski definition) is 3. The zero-order chi connectivity index (χ0) is 17.8. The predicted octanol–water partition coefficient (Wildman–Crippen LogP) is 4.56. The molecule has 0 unspecified atom stereocenters. The molecule has 25 heavy (non-hydrogen) atoms. The summed E-state index contributed by atoms with van der Waals surface area (Å²) in [5, 5.41) is 1.11. The summed E-state index contributed by atoms with van der Waals surface area (Å²) < 4.78 is 7.21. The van der Waals surface area contributed by atoms with Gasteiger partial charge in [0.15, 0.2) is 0 Å². The standard InChI is InChI=1S/C19H22Cl2N2O2/c1-2-25-19(24)14-8-11-22(12-9-14)13-15-5-4-10-23(15)17-7-3-6-16(20)18(17)21/h3-7,10,14H,2,8-9,11-13H2,1H3. The van der Waals surface area contributed by atoms with E-state index in [-0.39, 0.29) is 11.9 Å². The number of carbonyl (C=O) groups excluding carboxylic acids is 1. The molecule has 4 nitrogen and oxygen atoms in total. The van der Waals surface area contributed by atoms with Crippen LogP contribution in [0.3, 0.4) is 0 Å². The zero-order valence-corrected chi connectivity index (χ0v) is 15.8. The summed E-state index contributed by atoms with van der Waals surface area (Å²) >= 11 is 12.5. The molecule has 0 N–H and O–H groups in total. The summed E-state index contributed by atoms with van der Waals surface area (Å²) in [4.78, 5) is 14.2. The van der Waals surface area contributed by atoms with Gasteiger partial charge in [0, 0.05) is 18.4 Å². The highest BCUT2D eigenvalue weighted by Crippen LogP contribution is 2.30. The third kappa shape index (κ3) is 4.20. The van der Waals surface area contributed by atoms with Gasteiger partial charge in [0.2, 0.25) is 0 Å². The Balaban J connectivity index is 1.67. The fourth-order valence-corrected chi connectivity index (χ4v) is 3.66. The molecule has 1 aromatic carbocycles. The number of nitrogens with zero attached hydrogens (tertiary/aromatic N) is 2. The molecule has 0 spiro atoms. The Morgan fingerprint density at radius 3 is 2.68 bits per heavy atom. The van der Waals surface area contributed by atoms with Gasteiger partial charge in [-0.15, -0.1) is 0 Å². The number of esters is 1. The van der Waals surface area contributed by atoms with Crippen LogP contribution in [0, 0.1) is 5.92 Å². The Labute approximate surface area is 158 Å². The van der Waals surface area contributed by atoms with Gasteiger partial charge in [0.1, 0.15) is 0 Å². The molecule has 0 aliphatic carbocycles. The Morgan fingerprint density at radius 1 is 1.20 bits per heavy atom. The van der Waals surface area contributed by atoms with E-state index >= 15 is 0 Å². The SMILES string of the molecule is CCOC(=O)C1CCN(Cc2cccn2-c2cccc(Cl)c2Cl)CC1. The average Bonchev–Trinajstić information content (AvgIpc) is 3.06. The van der Waals surface area contributed by atoms with Crippen molar-refractivity contribution in [2.45, 2.75) is 26.3 Å². The van der Waals surface area contributed by atoms with Crippen LogP contribution in [0.25, 0.3) is 5.69 Å². The summed E-state index contributed by atoms with van der Waals surface area (Å²) in [6.45, 7) is 4.89. The van der Waals surface area contributed by atoms with E-state index in [0.717, 1.165) is 43.9 Å². The first-order valence-corrected chi connectivity index (χ1v) is 9.35. The van der Waals surface area contributed by atoms with Gasteiger partial charge in [0.05, 0.1) is 28.3 Å². The molecule has 1 aromatic heterocycles. The summed E-state index contributed by atoms with van der Waals surface area (Å²) in [5.74, 6) is -0.0263. The number of benzene rings is 1. The molecule has 1 aliphatic heterocycles. The van der Waals surface area contributed by atoms with Crippen molar-refractivity contribution >= 4 is 29.2 Å². The van der Waals surface area contributed by atoms with Crippen molar-refractivity contribution < 1.29 is 9.53 Å². The molecule has 3 rings (SSSR count). The third-order valence-electron chi connectivity index (χ3n) is 4.62. The highest BCUT2D eigenvalue weighted by atomic mass is 35.5. The second kappa shape index (κ2) is 8.26. The number of carbonyl (C=O) groups is 1. The summed E-state index contributed by atoms with van der Waals surface area (Å²) in [6, 6.07) is 9.76. The van der Waals surface area contributed by atoms with Gasteiger partial charge in [-0.1, -0.05) is 29.3 Å². The first kappa shape index (κ1) is 18.3. The second-order valence-electron chi connectivity index (χ2n) is 6.24. The lowest BCUT2D eigenvalue weighted by molar-refractivity contribution is -0.149. The predicted molar refractivity (Wildman–Crippen MR) is 100 cm³/mol. The maximum atomic E-state index is 11.9. The van der Waals surface area contributed by atoms with Crippen LogP contribution in [0.2, 0.25) is 10.0 Å². The summed E-state index contributed by atoms with van der Waals surface area (Å²) in [7, 11) is 0. The highest BCUT2D eigenvalue weighted by Gasteiger charge is 2.26. The minimum Gasteiger partial charge on any atom is -0.466 e. The van der Waals surface area contributed by atoms with Gasteiger partial charge < -0.3 is 9.30 Å². The molecular weight excluding hydrogens is 359 g/mol. The number of aromatic nitrogens is 1. The summed E-state index contributed by atoms with van der Waals surface area (Å²) in [5.41, 5.74) is 2.04. The van der Waals surface area contributed by atoms with Gasteiger partial charge >= 0.3 is 5.97 Å². The van der Waals surface area contributed by atoms with E-state index < -0.39 is 0 Å². The minimum atomic E-state index is -0.0590. The lowest BCUT2D eigenvalue weighted by Gasteiger charge is -2.31. The van der Waals surface area contributed by atoms with E-state index in [1.165, 1.54) is 0 Å². The molecule has 1 fully saturated rings. The van der Waals surface area contributed by atoms with Crippen LogP contribution in [0.5, 0.6) is 0 Å². The van der Waals surface area contributed by atoms with Crippen LogP contribution >= 0.6 is 23.2 Å². The van der Waals surface area contributed by atoms with Crippen LogP contribution in [0.1, 0.15) is 25.5 Å². The van der Waals surface area contributed by atoms with Crippen molar-refractivity contribution in [2.24, 2.45) is 5.92 Å². The zero-order valence-electron chi connectivity index (χ0n) is 14.3. The molecular formula is C19H22Cl2N2O2. The first-order valence-electron chi connectivity index (χ1n) is 8.59. The fourth-order valence-electron chi connectivity index (χ4n) is 3.27. The van der Waals surface area contributed by atoms with Crippen molar-refractivity contribution in [1.29, 1.82) is 0 Å². The summed E-state index contributed by atoms with van der Waals surface area (Å²) in [6.07, 6.45) is 3.69. The number of halogens is 2. The Morgan fingerprint density at radius 2 is 1.96 bits per heavy atom. The molecule has 1 aliphatic rings. The molecule has 0 atom stereocenters. The van der Waals surface area contributed by atoms with Crippen molar-refractivity contribution in [1.82, 2.24) is 9.47 Å². The van der Waals surface area contributed by atoms with Gasteiger partial charge in [0.25, 0.3) is 0 Å². The van der Waals surface area contributed by atoms with Gasteiger partial charge in [-0.3, -0.25) is 9.69 Å². The average molecular weight is 381 g/mol. The van der Waals surface area contributed by atoms with Gasteiger partial charge in [-0.2, -0.15) is 0 Å². The molecule has 1 saturated heterocycles. The maximum absolute atomic E-state index is 11.9.